The lowest BCUT2D eigenvalue weighted by atomic mass is 9.99. The van der Waals surface area contributed by atoms with Gasteiger partial charge in [0.2, 0.25) is 0 Å². The lowest BCUT2D eigenvalue weighted by molar-refractivity contribution is 0.0519. The number of methoxy groups -OCH3 is 2. The smallest absolute Gasteiger partial charge is 0.358 e. The Labute approximate surface area is 285 Å². The van der Waals surface area contributed by atoms with Crippen molar-refractivity contribution in [1.29, 1.82) is 0 Å². The molecule has 0 aliphatic heterocycles. The molecule has 0 bridgehead atoms. The highest BCUT2D eigenvalue weighted by atomic mass is 32.2. The van der Waals surface area contributed by atoms with Crippen molar-refractivity contribution in [2.75, 3.05) is 51.3 Å². The number of anilines is 1. The maximum Gasteiger partial charge on any atom is 0.358 e. The van der Waals surface area contributed by atoms with E-state index in [1.54, 1.807) is 50.1 Å². The van der Waals surface area contributed by atoms with Gasteiger partial charge in [-0.1, -0.05) is 51.5 Å². The first kappa shape index (κ1) is 36.5. The Morgan fingerprint density at radius 1 is 0.896 bits per heavy atom. The molecule has 1 aromatic heterocycles. The molecule has 11 heteroatoms. The fraction of sp³-hybridized carbons (Fsp3) is 0.405. The van der Waals surface area contributed by atoms with Crippen molar-refractivity contribution in [3.05, 3.63) is 83.6 Å². The van der Waals surface area contributed by atoms with Crippen molar-refractivity contribution in [1.82, 2.24) is 14.7 Å². The normalized spacial score (nSPS) is 11.6. The van der Waals surface area contributed by atoms with E-state index in [4.69, 9.17) is 19.3 Å². The Morgan fingerprint density at radius 2 is 1.54 bits per heavy atom. The molecule has 4 rings (SSSR count). The summed E-state index contributed by atoms with van der Waals surface area (Å²) in [5.41, 5.74) is 4.36. The van der Waals surface area contributed by atoms with E-state index < -0.39 is 16.0 Å². The second-order valence-corrected chi connectivity index (χ2v) is 13.6. The Morgan fingerprint density at radius 3 is 2.10 bits per heavy atom. The average Bonchev–Trinajstić information content (AvgIpc) is 3.53. The topological polar surface area (TPSA) is 103 Å². The number of carbonyl (C=O) groups excluding carboxylic acids is 1. The van der Waals surface area contributed by atoms with Gasteiger partial charge in [0.1, 0.15) is 11.5 Å². The SMILES string of the molecule is CCOC(=O)c1cc(-c2c(OC)cccc2OC)n(-c2ccc(N(CCCN(CC)CC)S(=O)(=O)c3ccc(C)cc3)cc2C(C)C)n1. The zero-order valence-corrected chi connectivity index (χ0v) is 30.1. The van der Waals surface area contributed by atoms with Crippen LogP contribution in [0, 0.1) is 6.92 Å². The number of esters is 1. The Bertz CT molecular complexity index is 1770. The molecule has 0 saturated heterocycles. The molecule has 0 amide bonds. The average molecular weight is 677 g/mol. The van der Waals surface area contributed by atoms with Gasteiger partial charge in [-0.15, -0.1) is 0 Å². The summed E-state index contributed by atoms with van der Waals surface area (Å²) in [6, 6.07) is 19.7. The molecule has 0 aliphatic carbocycles. The quantitative estimate of drug-likeness (QED) is 0.116. The number of carbonyl (C=O) groups is 1. The highest BCUT2D eigenvalue weighted by Gasteiger charge is 2.28. The van der Waals surface area contributed by atoms with E-state index >= 15 is 0 Å². The number of sulfonamides is 1. The molecular weight excluding hydrogens is 628 g/mol. The number of hydrogen-bond donors (Lipinski definition) is 0. The molecule has 258 valence electrons. The predicted molar refractivity (Wildman–Crippen MR) is 190 cm³/mol. The summed E-state index contributed by atoms with van der Waals surface area (Å²) in [6.45, 7) is 15.0. The van der Waals surface area contributed by atoms with Crippen LogP contribution in [0.3, 0.4) is 0 Å². The van der Waals surface area contributed by atoms with Crippen LogP contribution in [0.5, 0.6) is 11.5 Å². The predicted octanol–water partition coefficient (Wildman–Crippen LogP) is 7.09. The minimum Gasteiger partial charge on any atom is -0.496 e. The Kier molecular flexibility index (Phi) is 12.3. The summed E-state index contributed by atoms with van der Waals surface area (Å²) in [6.07, 6.45) is 0.658. The third-order valence-electron chi connectivity index (χ3n) is 8.37. The van der Waals surface area contributed by atoms with Gasteiger partial charge in [0, 0.05) is 6.54 Å². The molecule has 4 aromatic rings. The zero-order chi connectivity index (χ0) is 35.0. The first-order valence-electron chi connectivity index (χ1n) is 16.4. The standard InChI is InChI=1S/C37H48N4O6S/c1-9-39(10-2)22-13-23-40(48(43,44)29-19-16-27(6)17-20-29)28-18-21-32(30(24-28)26(4)5)41-33(25-31(38-41)37(42)47-11-3)36-34(45-7)14-12-15-35(36)46-8/h12,14-21,24-26H,9-11,13,22-23H2,1-8H3. The lowest BCUT2D eigenvalue weighted by Crippen LogP contribution is -2.34. The first-order chi connectivity index (χ1) is 23.0. The summed E-state index contributed by atoms with van der Waals surface area (Å²) in [5, 5.41) is 4.73. The minimum atomic E-state index is -3.89. The third-order valence-corrected chi connectivity index (χ3v) is 10.2. The Hall–Kier alpha value is -4.35. The van der Waals surface area contributed by atoms with Crippen LogP contribution in [0.2, 0.25) is 0 Å². The van der Waals surface area contributed by atoms with E-state index in [1.165, 1.54) is 4.31 Å². The first-order valence-corrected chi connectivity index (χ1v) is 17.9. The van der Waals surface area contributed by atoms with Crippen LogP contribution < -0.4 is 13.8 Å². The van der Waals surface area contributed by atoms with E-state index in [-0.39, 0.29) is 23.1 Å². The number of aromatic nitrogens is 2. The number of rotatable bonds is 16. The van der Waals surface area contributed by atoms with Crippen molar-refractivity contribution in [2.45, 2.75) is 58.8 Å². The van der Waals surface area contributed by atoms with Crippen molar-refractivity contribution < 1.29 is 27.4 Å². The van der Waals surface area contributed by atoms with Crippen LogP contribution in [-0.2, 0) is 14.8 Å². The fourth-order valence-electron chi connectivity index (χ4n) is 5.71. The summed E-state index contributed by atoms with van der Waals surface area (Å²) in [7, 11) is -0.742. The molecule has 0 unspecified atom stereocenters. The zero-order valence-electron chi connectivity index (χ0n) is 29.3. The third kappa shape index (κ3) is 7.85. The maximum absolute atomic E-state index is 14.2. The maximum atomic E-state index is 14.2. The van der Waals surface area contributed by atoms with E-state index in [2.05, 4.69) is 18.7 Å². The van der Waals surface area contributed by atoms with Gasteiger partial charge in [-0.25, -0.2) is 17.9 Å². The minimum absolute atomic E-state index is 0.0396. The molecule has 48 heavy (non-hydrogen) atoms. The van der Waals surface area contributed by atoms with Crippen LogP contribution in [-0.4, -0.2) is 76.1 Å². The van der Waals surface area contributed by atoms with E-state index in [9.17, 15) is 13.2 Å². The van der Waals surface area contributed by atoms with Crippen LogP contribution >= 0.6 is 0 Å². The van der Waals surface area contributed by atoms with Crippen molar-refractivity contribution in [3.63, 3.8) is 0 Å². The number of benzene rings is 3. The molecule has 0 N–H and O–H groups in total. The molecule has 0 atom stereocenters. The number of ether oxygens (including phenoxy) is 3. The molecule has 1 heterocycles. The second kappa shape index (κ2) is 16.2. The van der Waals surface area contributed by atoms with E-state index in [0.29, 0.717) is 47.1 Å². The molecule has 10 nitrogen and oxygen atoms in total. The molecule has 0 aliphatic rings. The molecule has 3 aromatic carbocycles. The van der Waals surface area contributed by atoms with Crippen molar-refractivity contribution in [2.24, 2.45) is 0 Å². The molecule has 0 spiro atoms. The highest BCUT2D eigenvalue weighted by Crippen LogP contribution is 2.41. The largest absolute Gasteiger partial charge is 0.496 e. The summed E-state index contributed by atoms with van der Waals surface area (Å²) >= 11 is 0. The molecule has 0 radical (unpaired) electrons. The lowest BCUT2D eigenvalue weighted by Gasteiger charge is -2.28. The highest BCUT2D eigenvalue weighted by molar-refractivity contribution is 7.92. The van der Waals surface area contributed by atoms with Crippen LogP contribution in [0.25, 0.3) is 16.9 Å². The van der Waals surface area contributed by atoms with Crippen LogP contribution in [0.1, 0.15) is 68.6 Å². The van der Waals surface area contributed by atoms with Gasteiger partial charge in [-0.3, -0.25) is 4.31 Å². The van der Waals surface area contributed by atoms with Crippen molar-refractivity contribution >= 4 is 21.7 Å². The number of hydrogen-bond acceptors (Lipinski definition) is 8. The monoisotopic (exact) mass is 676 g/mol. The van der Waals surface area contributed by atoms with Gasteiger partial charge >= 0.3 is 5.97 Å². The number of aryl methyl sites for hydroxylation is 1. The molecule has 0 fully saturated rings. The summed E-state index contributed by atoms with van der Waals surface area (Å²) in [5.74, 6) is 0.481. The Balaban J connectivity index is 1.92. The van der Waals surface area contributed by atoms with Gasteiger partial charge in [-0.05, 0) is 99.9 Å². The number of nitrogens with zero attached hydrogens (tertiary/aromatic N) is 4. The second-order valence-electron chi connectivity index (χ2n) is 11.8. The fourth-order valence-corrected chi connectivity index (χ4v) is 7.20. The van der Waals surface area contributed by atoms with Gasteiger partial charge in [0.25, 0.3) is 10.0 Å². The van der Waals surface area contributed by atoms with Gasteiger partial charge in [-0.2, -0.15) is 5.10 Å². The summed E-state index contributed by atoms with van der Waals surface area (Å²) < 4.78 is 48.4. The van der Waals surface area contributed by atoms with Gasteiger partial charge < -0.3 is 19.1 Å². The van der Waals surface area contributed by atoms with Crippen LogP contribution in [0.15, 0.2) is 71.6 Å². The van der Waals surface area contributed by atoms with Crippen molar-refractivity contribution in [3.8, 4) is 28.4 Å². The van der Waals surface area contributed by atoms with E-state index in [1.807, 2.05) is 63.2 Å². The molecule has 0 saturated carbocycles. The van der Waals surface area contributed by atoms with Crippen LogP contribution in [0.4, 0.5) is 5.69 Å². The summed E-state index contributed by atoms with van der Waals surface area (Å²) in [4.78, 5) is 15.5. The van der Waals surface area contributed by atoms with Gasteiger partial charge in [0.05, 0.1) is 48.4 Å². The van der Waals surface area contributed by atoms with E-state index in [0.717, 1.165) is 30.8 Å². The van der Waals surface area contributed by atoms with Gasteiger partial charge in [0.15, 0.2) is 5.69 Å². The molecular formula is C37H48N4O6S.